The molecule has 0 bridgehead atoms. The van der Waals surface area contributed by atoms with Crippen molar-refractivity contribution >= 4 is 11.0 Å². The SMILES string of the molecule is Cc1cc(-c2nc3ccccc3n2C2(C)COC2)c(OC(F)F)c(OCc2ccccc2)c1C. The fourth-order valence-electron chi connectivity index (χ4n) is 4.42. The summed E-state index contributed by atoms with van der Waals surface area (Å²) in [5.74, 6) is 0.845. The molecule has 4 aromatic rings. The van der Waals surface area contributed by atoms with Gasteiger partial charge in [-0.15, -0.1) is 0 Å². The molecule has 5 rings (SSSR count). The lowest BCUT2D eigenvalue weighted by molar-refractivity contribution is -0.0869. The summed E-state index contributed by atoms with van der Waals surface area (Å²) in [5, 5.41) is 0. The van der Waals surface area contributed by atoms with Gasteiger partial charge in [-0.1, -0.05) is 42.5 Å². The molecule has 1 fully saturated rings. The van der Waals surface area contributed by atoms with Gasteiger partial charge in [0.05, 0.1) is 35.3 Å². The first-order valence-electron chi connectivity index (χ1n) is 11.2. The number of imidazole rings is 1. The number of ether oxygens (including phenoxy) is 3. The highest BCUT2D eigenvalue weighted by atomic mass is 19.3. The molecule has 1 aromatic heterocycles. The van der Waals surface area contributed by atoms with Crippen molar-refractivity contribution in [2.75, 3.05) is 13.2 Å². The van der Waals surface area contributed by atoms with E-state index in [-0.39, 0.29) is 17.9 Å². The molecule has 3 aromatic carbocycles. The van der Waals surface area contributed by atoms with Crippen LogP contribution in [-0.2, 0) is 16.9 Å². The van der Waals surface area contributed by atoms with E-state index >= 15 is 0 Å². The van der Waals surface area contributed by atoms with Gasteiger partial charge >= 0.3 is 6.61 Å². The Hall–Kier alpha value is -3.45. The zero-order chi connectivity index (χ0) is 23.9. The van der Waals surface area contributed by atoms with Gasteiger partial charge in [0.25, 0.3) is 0 Å². The minimum atomic E-state index is -3.01. The van der Waals surface area contributed by atoms with Crippen molar-refractivity contribution in [3.63, 3.8) is 0 Å². The molecule has 0 aliphatic carbocycles. The average Bonchev–Trinajstić information content (AvgIpc) is 3.19. The number of alkyl halides is 2. The van der Waals surface area contributed by atoms with E-state index in [1.807, 2.05) is 74.5 Å². The molecule has 2 heterocycles. The number of nitrogens with zero attached hydrogens (tertiary/aromatic N) is 2. The lowest BCUT2D eigenvalue weighted by atomic mass is 9.97. The molecular formula is C27H26F2N2O3. The van der Waals surface area contributed by atoms with Crippen LogP contribution in [-0.4, -0.2) is 29.4 Å². The lowest BCUT2D eigenvalue weighted by Gasteiger charge is -2.41. The summed E-state index contributed by atoms with van der Waals surface area (Å²) in [4.78, 5) is 4.86. The standard InChI is InChI=1S/C27H26F2N2O3/c1-17-13-20(25-30-21-11-7-8-12-22(21)31(25)27(3)15-32-16-27)24(34-26(28)29)23(18(17)2)33-14-19-9-5-4-6-10-19/h4-13,26H,14-16H2,1-3H3. The quantitative estimate of drug-likeness (QED) is 0.325. The van der Waals surface area contributed by atoms with Crippen LogP contribution in [0.2, 0.25) is 0 Å². The van der Waals surface area contributed by atoms with E-state index in [0.717, 1.165) is 27.7 Å². The van der Waals surface area contributed by atoms with E-state index < -0.39 is 6.61 Å². The first-order chi connectivity index (χ1) is 16.4. The summed E-state index contributed by atoms with van der Waals surface area (Å²) < 4.78 is 46.2. The minimum absolute atomic E-state index is 0.00516. The van der Waals surface area contributed by atoms with Crippen LogP contribution in [0.25, 0.3) is 22.4 Å². The summed E-state index contributed by atoms with van der Waals surface area (Å²) in [6.45, 7) is 4.09. The summed E-state index contributed by atoms with van der Waals surface area (Å²) in [6, 6.07) is 19.2. The van der Waals surface area contributed by atoms with Crippen LogP contribution in [0.3, 0.4) is 0 Å². The van der Waals surface area contributed by atoms with E-state index in [1.54, 1.807) is 0 Å². The van der Waals surface area contributed by atoms with Gasteiger partial charge in [0, 0.05) is 0 Å². The number of halogens is 2. The third-order valence-electron chi connectivity index (χ3n) is 6.34. The molecule has 1 aliphatic rings. The Labute approximate surface area is 196 Å². The van der Waals surface area contributed by atoms with Gasteiger partial charge in [-0.3, -0.25) is 0 Å². The molecule has 0 unspecified atom stereocenters. The Morgan fingerprint density at radius 3 is 2.41 bits per heavy atom. The van der Waals surface area contributed by atoms with Crippen molar-refractivity contribution in [2.24, 2.45) is 0 Å². The van der Waals surface area contributed by atoms with Crippen LogP contribution >= 0.6 is 0 Å². The zero-order valence-corrected chi connectivity index (χ0v) is 19.3. The van der Waals surface area contributed by atoms with E-state index in [9.17, 15) is 8.78 Å². The molecular weight excluding hydrogens is 438 g/mol. The van der Waals surface area contributed by atoms with Gasteiger partial charge in [-0.05, 0) is 55.7 Å². The Kier molecular flexibility index (Phi) is 5.73. The first kappa shape index (κ1) is 22.3. The average molecular weight is 465 g/mol. The largest absolute Gasteiger partial charge is 0.485 e. The maximum absolute atomic E-state index is 13.7. The Balaban J connectivity index is 1.71. The molecule has 0 spiro atoms. The van der Waals surface area contributed by atoms with Crippen molar-refractivity contribution < 1.29 is 23.0 Å². The highest BCUT2D eigenvalue weighted by molar-refractivity contribution is 5.84. The second-order valence-corrected chi connectivity index (χ2v) is 8.93. The Morgan fingerprint density at radius 2 is 1.74 bits per heavy atom. The predicted octanol–water partition coefficient (Wildman–Crippen LogP) is 6.25. The summed E-state index contributed by atoms with van der Waals surface area (Å²) in [5.41, 5.74) is 4.38. The van der Waals surface area contributed by atoms with Crippen molar-refractivity contribution in [3.05, 3.63) is 77.4 Å². The van der Waals surface area contributed by atoms with Crippen molar-refractivity contribution in [2.45, 2.75) is 39.5 Å². The molecule has 0 atom stereocenters. The molecule has 1 saturated heterocycles. The highest BCUT2D eigenvalue weighted by Crippen LogP contribution is 2.46. The topological polar surface area (TPSA) is 45.5 Å². The maximum Gasteiger partial charge on any atom is 0.387 e. The third kappa shape index (κ3) is 3.90. The van der Waals surface area contributed by atoms with E-state index in [4.69, 9.17) is 19.2 Å². The van der Waals surface area contributed by atoms with Gasteiger partial charge in [-0.25, -0.2) is 4.98 Å². The molecule has 176 valence electrons. The van der Waals surface area contributed by atoms with Crippen molar-refractivity contribution in [1.29, 1.82) is 0 Å². The molecule has 0 saturated carbocycles. The lowest BCUT2D eigenvalue weighted by Crippen LogP contribution is -2.49. The first-order valence-corrected chi connectivity index (χ1v) is 11.2. The van der Waals surface area contributed by atoms with Gasteiger partial charge in [0.1, 0.15) is 12.4 Å². The molecule has 0 amide bonds. The molecule has 34 heavy (non-hydrogen) atoms. The number of aromatic nitrogens is 2. The smallest absolute Gasteiger partial charge is 0.387 e. The Morgan fingerprint density at radius 1 is 1.03 bits per heavy atom. The second-order valence-electron chi connectivity index (χ2n) is 8.93. The molecule has 5 nitrogen and oxygen atoms in total. The summed E-state index contributed by atoms with van der Waals surface area (Å²) in [7, 11) is 0. The number of aryl methyl sites for hydroxylation is 1. The molecule has 0 N–H and O–H groups in total. The van der Waals surface area contributed by atoms with Gasteiger partial charge in [0.2, 0.25) is 0 Å². The van der Waals surface area contributed by atoms with Crippen LogP contribution in [0.4, 0.5) is 8.78 Å². The number of hydrogen-bond donors (Lipinski definition) is 0. The van der Waals surface area contributed by atoms with E-state index in [2.05, 4.69) is 11.5 Å². The molecule has 1 aliphatic heterocycles. The number of hydrogen-bond acceptors (Lipinski definition) is 4. The van der Waals surface area contributed by atoms with Crippen LogP contribution < -0.4 is 9.47 Å². The van der Waals surface area contributed by atoms with E-state index in [0.29, 0.717) is 30.4 Å². The van der Waals surface area contributed by atoms with Crippen LogP contribution in [0.5, 0.6) is 11.5 Å². The fourth-order valence-corrected chi connectivity index (χ4v) is 4.42. The van der Waals surface area contributed by atoms with Gasteiger partial charge < -0.3 is 18.8 Å². The molecule has 7 heteroatoms. The van der Waals surface area contributed by atoms with E-state index in [1.165, 1.54) is 0 Å². The zero-order valence-electron chi connectivity index (χ0n) is 19.3. The number of para-hydroxylation sites is 2. The maximum atomic E-state index is 13.7. The summed E-state index contributed by atoms with van der Waals surface area (Å²) in [6.07, 6.45) is 0. The van der Waals surface area contributed by atoms with Crippen LogP contribution in [0, 0.1) is 13.8 Å². The predicted molar refractivity (Wildman–Crippen MR) is 127 cm³/mol. The van der Waals surface area contributed by atoms with Crippen LogP contribution in [0.1, 0.15) is 23.6 Å². The fraction of sp³-hybridized carbons (Fsp3) is 0.296. The minimum Gasteiger partial charge on any atom is -0.485 e. The number of fused-ring (bicyclic) bond motifs is 1. The molecule has 0 radical (unpaired) electrons. The normalized spacial score (nSPS) is 14.9. The number of rotatable bonds is 7. The third-order valence-corrected chi connectivity index (χ3v) is 6.34. The van der Waals surface area contributed by atoms with Gasteiger partial charge in [-0.2, -0.15) is 8.78 Å². The van der Waals surface area contributed by atoms with Crippen molar-refractivity contribution in [3.8, 4) is 22.9 Å². The van der Waals surface area contributed by atoms with Crippen molar-refractivity contribution in [1.82, 2.24) is 9.55 Å². The number of benzene rings is 3. The Bertz CT molecular complexity index is 1330. The monoisotopic (exact) mass is 464 g/mol. The second kappa shape index (κ2) is 8.72. The van der Waals surface area contributed by atoms with Gasteiger partial charge in [0.15, 0.2) is 11.5 Å². The summed E-state index contributed by atoms with van der Waals surface area (Å²) >= 11 is 0. The highest BCUT2D eigenvalue weighted by Gasteiger charge is 2.39. The van der Waals surface area contributed by atoms with Crippen LogP contribution in [0.15, 0.2) is 60.7 Å².